The molecule has 0 aliphatic heterocycles. The molecule has 0 aliphatic carbocycles. The van der Waals surface area contributed by atoms with E-state index >= 15 is 0 Å². The fraction of sp³-hybridized carbons (Fsp3) is 0.250. The van der Waals surface area contributed by atoms with Gasteiger partial charge in [-0.05, 0) is 30.9 Å². The molecule has 0 spiro atoms. The highest BCUT2D eigenvalue weighted by Crippen LogP contribution is 2.29. The Balaban J connectivity index is 2.36. The molecule has 0 radical (unpaired) electrons. The Morgan fingerprint density at radius 1 is 1.19 bits per heavy atom. The van der Waals surface area contributed by atoms with E-state index in [2.05, 4.69) is 0 Å². The van der Waals surface area contributed by atoms with Crippen molar-refractivity contribution in [2.75, 3.05) is 6.54 Å². The van der Waals surface area contributed by atoms with E-state index in [4.69, 9.17) is 5.11 Å². The lowest BCUT2D eigenvalue weighted by atomic mass is 10.1. The summed E-state index contributed by atoms with van der Waals surface area (Å²) >= 11 is 1.34. The minimum atomic E-state index is -1.00. The van der Waals surface area contributed by atoms with Gasteiger partial charge in [0.25, 0.3) is 5.91 Å². The van der Waals surface area contributed by atoms with Crippen molar-refractivity contribution in [2.24, 2.45) is 0 Å². The second kappa shape index (κ2) is 6.54. The summed E-state index contributed by atoms with van der Waals surface area (Å²) < 4.78 is 0. The first-order valence-electron chi connectivity index (χ1n) is 6.66. The average Bonchev–Trinajstić information content (AvgIpc) is 2.94. The molecule has 0 atom stereocenters. The van der Waals surface area contributed by atoms with E-state index in [9.17, 15) is 9.59 Å². The Morgan fingerprint density at radius 3 is 2.43 bits per heavy atom. The van der Waals surface area contributed by atoms with Crippen LogP contribution in [0.1, 0.15) is 23.5 Å². The predicted molar refractivity (Wildman–Crippen MR) is 83.6 cm³/mol. The number of rotatable bonds is 5. The molecular weight excluding hydrogens is 286 g/mol. The van der Waals surface area contributed by atoms with E-state index in [0.29, 0.717) is 4.88 Å². The van der Waals surface area contributed by atoms with E-state index in [-0.39, 0.29) is 18.5 Å². The third-order valence-electron chi connectivity index (χ3n) is 3.13. The van der Waals surface area contributed by atoms with Crippen LogP contribution in [0, 0.1) is 0 Å². The smallest absolute Gasteiger partial charge is 0.323 e. The van der Waals surface area contributed by atoms with Gasteiger partial charge < -0.3 is 10.0 Å². The molecule has 0 unspecified atom stereocenters. The molecule has 21 heavy (non-hydrogen) atoms. The summed E-state index contributed by atoms with van der Waals surface area (Å²) in [4.78, 5) is 25.6. The predicted octanol–water partition coefficient (Wildman–Crippen LogP) is 3.35. The molecule has 0 saturated carbocycles. The number of carbonyl (C=O) groups is 2. The van der Waals surface area contributed by atoms with Gasteiger partial charge in [0.15, 0.2) is 0 Å². The van der Waals surface area contributed by atoms with E-state index in [1.54, 1.807) is 0 Å². The molecule has 0 bridgehead atoms. The Hall–Kier alpha value is -2.14. The quantitative estimate of drug-likeness (QED) is 0.921. The van der Waals surface area contributed by atoms with Gasteiger partial charge in [-0.3, -0.25) is 9.59 Å². The molecular formula is C16H17NO3S. The zero-order valence-electron chi connectivity index (χ0n) is 11.9. The van der Waals surface area contributed by atoms with Crippen LogP contribution >= 0.6 is 11.3 Å². The van der Waals surface area contributed by atoms with Crippen LogP contribution in [0.15, 0.2) is 41.8 Å². The largest absolute Gasteiger partial charge is 0.480 e. The lowest BCUT2D eigenvalue weighted by Crippen LogP contribution is -2.40. The molecule has 4 nitrogen and oxygen atoms in total. The average molecular weight is 303 g/mol. The zero-order valence-corrected chi connectivity index (χ0v) is 12.8. The highest BCUT2D eigenvalue weighted by molar-refractivity contribution is 7.12. The van der Waals surface area contributed by atoms with Crippen LogP contribution in [0.3, 0.4) is 0 Å². The maximum absolute atomic E-state index is 12.7. The third kappa shape index (κ3) is 3.49. The van der Waals surface area contributed by atoms with E-state index in [1.165, 1.54) is 16.2 Å². The lowest BCUT2D eigenvalue weighted by molar-refractivity contribution is -0.138. The highest BCUT2D eigenvalue weighted by Gasteiger charge is 2.24. The first-order valence-corrected chi connectivity index (χ1v) is 7.54. The van der Waals surface area contributed by atoms with Crippen LogP contribution < -0.4 is 0 Å². The van der Waals surface area contributed by atoms with E-state index in [0.717, 1.165) is 11.1 Å². The van der Waals surface area contributed by atoms with Gasteiger partial charge in [-0.1, -0.05) is 30.3 Å². The molecule has 5 heteroatoms. The number of hydrogen-bond donors (Lipinski definition) is 1. The molecule has 1 aromatic carbocycles. The second-order valence-electron chi connectivity index (χ2n) is 4.95. The number of amides is 1. The van der Waals surface area contributed by atoms with Gasteiger partial charge in [0.05, 0.1) is 4.88 Å². The molecule has 1 heterocycles. The number of nitrogens with zero attached hydrogens (tertiary/aromatic N) is 1. The molecule has 2 rings (SSSR count). The van der Waals surface area contributed by atoms with Gasteiger partial charge >= 0.3 is 5.97 Å². The van der Waals surface area contributed by atoms with E-state index in [1.807, 2.05) is 55.6 Å². The van der Waals surface area contributed by atoms with Crippen LogP contribution in [0.5, 0.6) is 0 Å². The number of thiophene rings is 1. The number of carbonyl (C=O) groups excluding carboxylic acids is 1. The monoisotopic (exact) mass is 303 g/mol. The van der Waals surface area contributed by atoms with Crippen molar-refractivity contribution in [1.29, 1.82) is 0 Å². The molecule has 2 aromatic rings. The van der Waals surface area contributed by atoms with Crippen LogP contribution in [-0.2, 0) is 4.79 Å². The van der Waals surface area contributed by atoms with Gasteiger partial charge in [-0.15, -0.1) is 11.3 Å². The van der Waals surface area contributed by atoms with E-state index < -0.39 is 5.97 Å². The molecule has 1 amide bonds. The standard InChI is InChI=1S/C16H17NO3S/c1-11(2)17(10-14(18)19)16(20)15-13(8-9-21-15)12-6-4-3-5-7-12/h3-9,11H,10H2,1-2H3,(H,18,19). The number of aliphatic carboxylic acids is 1. The van der Waals surface area contributed by atoms with Crippen molar-refractivity contribution in [3.05, 3.63) is 46.7 Å². The number of carboxylic acid groups (broad SMARTS) is 1. The highest BCUT2D eigenvalue weighted by atomic mass is 32.1. The van der Waals surface area contributed by atoms with Crippen molar-refractivity contribution in [1.82, 2.24) is 4.90 Å². The van der Waals surface area contributed by atoms with Crippen LogP contribution in [0.2, 0.25) is 0 Å². The Morgan fingerprint density at radius 2 is 1.86 bits per heavy atom. The summed E-state index contributed by atoms with van der Waals surface area (Å²) in [6, 6.07) is 11.4. The second-order valence-corrected chi connectivity index (χ2v) is 5.87. The minimum Gasteiger partial charge on any atom is -0.480 e. The lowest BCUT2D eigenvalue weighted by Gasteiger charge is -2.24. The van der Waals surface area contributed by atoms with Crippen molar-refractivity contribution >= 4 is 23.2 Å². The number of carboxylic acids is 1. The molecule has 1 N–H and O–H groups in total. The Bertz CT molecular complexity index is 634. The topological polar surface area (TPSA) is 57.6 Å². The Kier molecular flexibility index (Phi) is 4.75. The SMILES string of the molecule is CC(C)N(CC(=O)O)C(=O)c1sccc1-c1ccccc1. The fourth-order valence-corrected chi connectivity index (χ4v) is 2.96. The number of benzene rings is 1. The summed E-state index contributed by atoms with van der Waals surface area (Å²) in [5, 5.41) is 10.8. The summed E-state index contributed by atoms with van der Waals surface area (Å²) in [5.74, 6) is -1.24. The molecule has 0 saturated heterocycles. The van der Waals surface area contributed by atoms with Gasteiger partial charge in [-0.25, -0.2) is 0 Å². The molecule has 1 aromatic heterocycles. The van der Waals surface area contributed by atoms with Crippen LogP contribution in [0.4, 0.5) is 0 Å². The maximum atomic E-state index is 12.7. The minimum absolute atomic E-state index is 0.167. The fourth-order valence-electron chi connectivity index (χ4n) is 2.08. The number of hydrogen-bond acceptors (Lipinski definition) is 3. The van der Waals surface area contributed by atoms with Crippen molar-refractivity contribution in [3.8, 4) is 11.1 Å². The first kappa shape index (κ1) is 15.3. The first-order chi connectivity index (χ1) is 10.0. The van der Waals surface area contributed by atoms with Crippen molar-refractivity contribution in [3.63, 3.8) is 0 Å². The van der Waals surface area contributed by atoms with Gasteiger partial charge in [0.1, 0.15) is 6.54 Å². The summed E-state index contributed by atoms with van der Waals surface area (Å²) in [6.07, 6.45) is 0. The van der Waals surface area contributed by atoms with Crippen LogP contribution in [-0.4, -0.2) is 34.5 Å². The normalized spacial score (nSPS) is 10.6. The Labute approximate surface area is 127 Å². The van der Waals surface area contributed by atoms with Gasteiger partial charge in [-0.2, -0.15) is 0 Å². The third-order valence-corrected chi connectivity index (χ3v) is 4.04. The summed E-state index contributed by atoms with van der Waals surface area (Å²) in [6.45, 7) is 3.34. The summed E-state index contributed by atoms with van der Waals surface area (Å²) in [7, 11) is 0. The van der Waals surface area contributed by atoms with Crippen molar-refractivity contribution in [2.45, 2.75) is 19.9 Å². The zero-order chi connectivity index (χ0) is 15.4. The molecule has 0 fully saturated rings. The van der Waals surface area contributed by atoms with Crippen LogP contribution in [0.25, 0.3) is 11.1 Å². The van der Waals surface area contributed by atoms with Gasteiger partial charge in [0, 0.05) is 11.6 Å². The summed E-state index contributed by atoms with van der Waals surface area (Å²) in [5.41, 5.74) is 1.81. The molecule has 110 valence electrons. The molecule has 0 aliphatic rings. The maximum Gasteiger partial charge on any atom is 0.323 e. The van der Waals surface area contributed by atoms with Gasteiger partial charge in [0.2, 0.25) is 0 Å². The van der Waals surface area contributed by atoms with Crippen molar-refractivity contribution < 1.29 is 14.7 Å².